The van der Waals surface area contributed by atoms with E-state index in [1.54, 1.807) is 58.0 Å². The molecule has 0 saturated carbocycles. The molecule has 37 heavy (non-hydrogen) atoms. The molecule has 0 bridgehead atoms. The van der Waals surface area contributed by atoms with Crippen molar-refractivity contribution in [3.63, 3.8) is 0 Å². The number of aliphatic hydroxyl groups excluding tert-OH is 1. The first-order chi connectivity index (χ1) is 17.4. The largest absolute Gasteiger partial charge is 0.462 e. The molecule has 1 aliphatic rings. The van der Waals surface area contributed by atoms with Gasteiger partial charge in [0.25, 0.3) is 5.56 Å². The number of carbonyl (C=O) groups excluding carboxylic acids is 1. The Morgan fingerprint density at radius 2 is 1.95 bits per heavy atom. The van der Waals surface area contributed by atoms with Crippen molar-refractivity contribution in [3.8, 4) is 5.75 Å². The van der Waals surface area contributed by atoms with Gasteiger partial charge in [-0.05, 0) is 51.1 Å². The quantitative estimate of drug-likeness (QED) is 0.232. The number of nitrogens with zero attached hydrogens (tertiary/aromatic N) is 1. The molecule has 12 nitrogen and oxygen atoms in total. The monoisotopic (exact) mass is 557 g/mol. The molecule has 1 aromatic heterocycles. The minimum absolute atomic E-state index is 0.0197. The molecular formula is C23H32N3O9PS. The third-order valence-electron chi connectivity index (χ3n) is 5.70. The summed E-state index contributed by atoms with van der Waals surface area (Å²) in [5.74, 6) is -0.169. The molecule has 1 fully saturated rings. The van der Waals surface area contributed by atoms with E-state index in [9.17, 15) is 24.6 Å². The van der Waals surface area contributed by atoms with Gasteiger partial charge in [0.05, 0.1) is 12.7 Å². The van der Waals surface area contributed by atoms with Gasteiger partial charge in [0, 0.05) is 12.3 Å². The minimum atomic E-state index is -3.44. The fourth-order valence-corrected chi connectivity index (χ4v) is 6.18. The number of hydrogen-bond acceptors (Lipinski definition) is 10. The van der Waals surface area contributed by atoms with E-state index in [0.29, 0.717) is 5.75 Å². The number of rotatable bonds is 11. The maximum Gasteiger partial charge on any atom is 0.330 e. The van der Waals surface area contributed by atoms with E-state index < -0.39 is 53.9 Å². The fraction of sp³-hybridized carbons (Fsp3) is 0.522. The summed E-state index contributed by atoms with van der Waals surface area (Å²) in [6.07, 6.45) is -3.07. The Labute approximate surface area is 218 Å². The summed E-state index contributed by atoms with van der Waals surface area (Å²) in [6.45, 7) is 2.82. The second kappa shape index (κ2) is 12.0. The van der Waals surface area contributed by atoms with Gasteiger partial charge in [0.1, 0.15) is 29.6 Å². The minimum Gasteiger partial charge on any atom is -0.462 e. The van der Waals surface area contributed by atoms with Gasteiger partial charge in [0.2, 0.25) is 0 Å². The third kappa shape index (κ3) is 6.94. The summed E-state index contributed by atoms with van der Waals surface area (Å²) < 4.78 is 23.9. The first-order valence-corrected chi connectivity index (χ1v) is 14.4. The molecular weight excluding hydrogens is 525 g/mol. The number of aliphatic hydroxyl groups is 2. The molecule has 3 unspecified atom stereocenters. The van der Waals surface area contributed by atoms with Crippen molar-refractivity contribution < 1.29 is 33.5 Å². The van der Waals surface area contributed by atoms with Crippen molar-refractivity contribution in [2.75, 3.05) is 6.61 Å². The molecule has 4 N–H and O–H groups in total. The Bertz CT molecular complexity index is 1240. The van der Waals surface area contributed by atoms with Crippen LogP contribution in [0.4, 0.5) is 0 Å². The summed E-state index contributed by atoms with van der Waals surface area (Å²) in [5, 5.41) is 25.0. The van der Waals surface area contributed by atoms with Crippen molar-refractivity contribution in [3.05, 3.63) is 63.4 Å². The Morgan fingerprint density at radius 1 is 1.27 bits per heavy atom. The number of benzene rings is 1. The van der Waals surface area contributed by atoms with Crippen LogP contribution >= 0.6 is 6.64 Å². The number of H-pyrrole nitrogens is 1. The number of ether oxygens (including phenoxy) is 2. The first kappa shape index (κ1) is 29.2. The Kier molecular flexibility index (Phi) is 9.46. The highest BCUT2D eigenvalue weighted by Gasteiger charge is 2.55. The molecule has 204 valence electrons. The van der Waals surface area contributed by atoms with Gasteiger partial charge in [-0.25, -0.2) is 9.88 Å². The van der Waals surface area contributed by atoms with Crippen molar-refractivity contribution in [2.45, 2.75) is 70.3 Å². The first-order valence-electron chi connectivity index (χ1n) is 11.7. The molecule has 2 heterocycles. The topological polar surface area (TPSA) is 161 Å². The standard InChI is InChI=1S/C23H32N3O9PS/c1-5-23(31)19(28)17(34-21(23)26-12-11-18(27)24-22(26)30)13-32-36(37,35-16-9-7-6-8-10-16)25-15(4)20(29)33-14(2)3/h6-12,14-15,17,19,21,28,31H,5,13H2,1-4H3,(H,25,37)(H,24,27,30)/t15?,17-,19?,21-,23-,36?/m1/s1. The number of aromatic nitrogens is 2. The second-order valence-corrected chi connectivity index (χ2v) is 12.0. The number of nitrogens with one attached hydrogen (secondary N) is 2. The second-order valence-electron chi connectivity index (χ2n) is 8.87. The molecule has 0 spiro atoms. The average Bonchev–Trinajstić information content (AvgIpc) is 3.08. The van der Waals surface area contributed by atoms with Crippen LogP contribution in [0.5, 0.6) is 5.75 Å². The number of para-hydroxylation sites is 1. The lowest BCUT2D eigenvalue weighted by Crippen LogP contribution is -2.48. The predicted octanol–water partition coefficient (Wildman–Crippen LogP) is 1.19. The van der Waals surface area contributed by atoms with Crippen LogP contribution in [0.3, 0.4) is 0 Å². The Hall–Kier alpha value is -2.38. The Balaban J connectivity index is 1.83. The van der Waals surface area contributed by atoms with E-state index in [2.05, 4.69) is 10.1 Å². The van der Waals surface area contributed by atoms with Gasteiger partial charge in [-0.2, -0.15) is 0 Å². The molecule has 2 aromatic rings. The van der Waals surface area contributed by atoms with Crippen LogP contribution in [0.25, 0.3) is 0 Å². The van der Waals surface area contributed by atoms with Crippen LogP contribution in [-0.2, 0) is 30.6 Å². The molecule has 0 amide bonds. The zero-order valence-corrected chi connectivity index (χ0v) is 22.6. The zero-order chi connectivity index (χ0) is 27.4. The van der Waals surface area contributed by atoms with E-state index in [1.807, 2.05) is 0 Å². The maximum atomic E-state index is 12.4. The molecule has 1 saturated heterocycles. The van der Waals surface area contributed by atoms with Crippen molar-refractivity contribution in [2.24, 2.45) is 0 Å². The lowest BCUT2D eigenvalue weighted by Gasteiger charge is -2.30. The predicted molar refractivity (Wildman–Crippen MR) is 138 cm³/mol. The number of hydrogen-bond donors (Lipinski definition) is 4. The Morgan fingerprint density at radius 3 is 2.54 bits per heavy atom. The van der Waals surface area contributed by atoms with Gasteiger partial charge in [-0.3, -0.25) is 19.1 Å². The van der Waals surface area contributed by atoms with Crippen molar-refractivity contribution in [1.82, 2.24) is 14.6 Å². The van der Waals surface area contributed by atoms with Crippen LogP contribution in [-0.4, -0.2) is 62.3 Å². The fourth-order valence-electron chi connectivity index (χ4n) is 3.76. The van der Waals surface area contributed by atoms with Gasteiger partial charge in [-0.1, -0.05) is 25.1 Å². The van der Waals surface area contributed by atoms with Crippen LogP contribution in [0.2, 0.25) is 0 Å². The summed E-state index contributed by atoms with van der Waals surface area (Å²) in [5.41, 5.74) is -3.30. The SMILES string of the molecule is CC[C@@]1(O)C(O)[C@@H](COP(=S)(NC(C)C(=O)OC(C)C)Oc2ccccc2)O[C@H]1n1ccc(=O)[nH]c1=O. The molecule has 1 aromatic carbocycles. The third-order valence-corrected chi connectivity index (χ3v) is 8.20. The maximum absolute atomic E-state index is 12.4. The van der Waals surface area contributed by atoms with Gasteiger partial charge < -0.3 is 28.7 Å². The van der Waals surface area contributed by atoms with E-state index >= 15 is 0 Å². The van der Waals surface area contributed by atoms with Crippen LogP contribution in [0, 0.1) is 0 Å². The van der Waals surface area contributed by atoms with Crippen molar-refractivity contribution in [1.29, 1.82) is 0 Å². The molecule has 6 atom stereocenters. The normalized spacial score (nSPS) is 26.0. The smallest absolute Gasteiger partial charge is 0.330 e. The summed E-state index contributed by atoms with van der Waals surface area (Å²) in [4.78, 5) is 38.3. The number of aromatic amines is 1. The lowest BCUT2D eigenvalue weighted by atomic mass is 9.91. The van der Waals surface area contributed by atoms with Gasteiger partial charge >= 0.3 is 18.3 Å². The van der Waals surface area contributed by atoms with Gasteiger partial charge in [-0.15, -0.1) is 0 Å². The summed E-state index contributed by atoms with van der Waals surface area (Å²) >= 11 is 5.66. The van der Waals surface area contributed by atoms with Gasteiger partial charge in [0.15, 0.2) is 6.23 Å². The van der Waals surface area contributed by atoms with E-state index in [4.69, 9.17) is 30.3 Å². The average molecular weight is 558 g/mol. The zero-order valence-electron chi connectivity index (χ0n) is 20.9. The molecule has 1 aliphatic heterocycles. The summed E-state index contributed by atoms with van der Waals surface area (Å²) in [7, 11) is 0. The molecule has 14 heteroatoms. The molecule has 0 radical (unpaired) electrons. The van der Waals surface area contributed by atoms with E-state index in [1.165, 1.54) is 6.20 Å². The lowest BCUT2D eigenvalue weighted by molar-refractivity contribution is -0.149. The van der Waals surface area contributed by atoms with E-state index in [0.717, 1.165) is 10.6 Å². The van der Waals surface area contributed by atoms with E-state index in [-0.39, 0.29) is 19.1 Å². The summed E-state index contributed by atoms with van der Waals surface area (Å²) in [6, 6.07) is 8.82. The highest BCUT2D eigenvalue weighted by atomic mass is 32.5. The molecule has 0 aliphatic carbocycles. The van der Waals surface area contributed by atoms with Crippen LogP contribution in [0.1, 0.15) is 40.3 Å². The number of carbonyl (C=O) groups is 1. The molecule has 3 rings (SSSR count). The van der Waals surface area contributed by atoms with Crippen LogP contribution in [0.15, 0.2) is 52.2 Å². The highest BCUT2D eigenvalue weighted by molar-refractivity contribution is 8.09. The van der Waals surface area contributed by atoms with Crippen molar-refractivity contribution >= 4 is 24.4 Å². The van der Waals surface area contributed by atoms with Crippen LogP contribution < -0.4 is 20.9 Å². The highest BCUT2D eigenvalue weighted by Crippen LogP contribution is 2.47. The number of esters is 1.